The smallest absolute Gasteiger partial charge is 0.209 e. The van der Waals surface area contributed by atoms with Crippen molar-refractivity contribution in [1.82, 2.24) is 0 Å². The van der Waals surface area contributed by atoms with E-state index in [4.69, 9.17) is 9.47 Å². The highest BCUT2D eigenvalue weighted by atomic mass is 35.5. The number of rotatable bonds is 4. The first-order valence-electron chi connectivity index (χ1n) is 8.10. The van der Waals surface area contributed by atoms with Crippen molar-refractivity contribution < 1.29 is 26.5 Å². The largest absolute Gasteiger partial charge is 1.00 e. The van der Waals surface area contributed by atoms with Gasteiger partial charge in [-0.15, -0.1) is 0 Å². The summed E-state index contributed by atoms with van der Waals surface area (Å²) in [5.74, 6) is 1.49. The van der Waals surface area contributed by atoms with Gasteiger partial charge in [0.15, 0.2) is 17.2 Å². The molecular formula is C21H24ClNO2. The van der Waals surface area contributed by atoms with Crippen LogP contribution in [0.1, 0.15) is 25.0 Å². The van der Waals surface area contributed by atoms with Crippen molar-refractivity contribution >= 4 is 17.5 Å². The van der Waals surface area contributed by atoms with Crippen molar-refractivity contribution in [3.05, 3.63) is 59.7 Å². The zero-order valence-corrected chi connectivity index (χ0v) is 16.1. The van der Waals surface area contributed by atoms with Gasteiger partial charge in [0.25, 0.3) is 0 Å². The SMILES string of the molecule is COc1ccc(C=CC2=[N+](C)c3ccccc3C2(C)C)cc1OC.[Cl-]. The third-order valence-corrected chi connectivity index (χ3v) is 4.78. The summed E-state index contributed by atoms with van der Waals surface area (Å²) in [5, 5.41) is 0. The molecule has 0 atom stereocenters. The van der Waals surface area contributed by atoms with Crippen LogP contribution in [-0.2, 0) is 5.41 Å². The van der Waals surface area contributed by atoms with Crippen molar-refractivity contribution in [3.8, 4) is 11.5 Å². The molecule has 2 aromatic carbocycles. The van der Waals surface area contributed by atoms with Crippen LogP contribution in [0.4, 0.5) is 5.69 Å². The predicted octanol–water partition coefficient (Wildman–Crippen LogP) is 1.43. The molecule has 0 aromatic heterocycles. The highest BCUT2D eigenvalue weighted by Crippen LogP contribution is 2.39. The number of halogens is 1. The molecule has 0 radical (unpaired) electrons. The summed E-state index contributed by atoms with van der Waals surface area (Å²) in [5.41, 5.74) is 4.98. The van der Waals surface area contributed by atoms with E-state index in [1.54, 1.807) is 14.2 Å². The Morgan fingerprint density at radius 2 is 1.60 bits per heavy atom. The van der Waals surface area contributed by atoms with Gasteiger partial charge in [-0.1, -0.05) is 24.3 Å². The van der Waals surface area contributed by atoms with Crippen LogP contribution in [0.15, 0.2) is 48.5 Å². The lowest BCUT2D eigenvalue weighted by Crippen LogP contribution is -3.00. The summed E-state index contributed by atoms with van der Waals surface area (Å²) in [7, 11) is 5.43. The first-order valence-corrected chi connectivity index (χ1v) is 8.10. The lowest BCUT2D eigenvalue weighted by atomic mass is 9.81. The Bertz CT molecular complexity index is 838. The monoisotopic (exact) mass is 357 g/mol. The molecule has 0 amide bonds. The topological polar surface area (TPSA) is 21.5 Å². The van der Waals surface area contributed by atoms with Gasteiger partial charge in [-0.3, -0.25) is 0 Å². The van der Waals surface area contributed by atoms with Gasteiger partial charge in [0.1, 0.15) is 7.05 Å². The van der Waals surface area contributed by atoms with Crippen molar-refractivity contribution in [1.29, 1.82) is 0 Å². The van der Waals surface area contributed by atoms with Crippen LogP contribution in [0.5, 0.6) is 11.5 Å². The van der Waals surface area contributed by atoms with E-state index in [0.717, 1.165) is 17.1 Å². The maximum Gasteiger partial charge on any atom is 0.209 e. The number of allylic oxidation sites excluding steroid dienone is 1. The van der Waals surface area contributed by atoms with Crippen molar-refractivity contribution in [2.45, 2.75) is 19.3 Å². The standard InChI is InChI=1S/C21H24NO2.ClH/c1-21(2)16-8-6-7-9-17(16)22(3)20(21)13-11-15-10-12-18(23-4)19(14-15)24-5;/h6-14H,1-5H3;1H/q+1;/p-1. The fourth-order valence-corrected chi connectivity index (χ4v) is 3.43. The number of fused-ring (bicyclic) bond motifs is 1. The van der Waals surface area contributed by atoms with Gasteiger partial charge in [-0.2, -0.15) is 4.58 Å². The van der Waals surface area contributed by atoms with Crippen LogP contribution < -0.4 is 21.9 Å². The summed E-state index contributed by atoms with van der Waals surface area (Å²) in [6, 6.07) is 14.5. The maximum atomic E-state index is 5.39. The van der Waals surface area contributed by atoms with Gasteiger partial charge in [0.2, 0.25) is 5.69 Å². The average molecular weight is 358 g/mol. The highest BCUT2D eigenvalue weighted by molar-refractivity contribution is 6.05. The molecule has 4 heteroatoms. The number of benzene rings is 2. The fourth-order valence-electron chi connectivity index (χ4n) is 3.43. The lowest BCUT2D eigenvalue weighted by molar-refractivity contribution is -0.401. The molecule has 3 rings (SSSR count). The fraction of sp³-hybridized carbons (Fsp3) is 0.286. The minimum Gasteiger partial charge on any atom is -1.00 e. The predicted molar refractivity (Wildman–Crippen MR) is 98.9 cm³/mol. The number of nitrogens with zero attached hydrogens (tertiary/aromatic N) is 1. The van der Waals surface area contributed by atoms with Gasteiger partial charge in [-0.25, -0.2) is 0 Å². The van der Waals surface area contributed by atoms with E-state index in [2.05, 4.69) is 61.9 Å². The Kier molecular flexibility index (Phi) is 5.58. The third-order valence-electron chi connectivity index (χ3n) is 4.78. The molecule has 3 nitrogen and oxygen atoms in total. The molecule has 0 unspecified atom stereocenters. The van der Waals surface area contributed by atoms with E-state index in [1.165, 1.54) is 17.0 Å². The minimum atomic E-state index is -0.0155. The summed E-state index contributed by atoms with van der Waals surface area (Å²) in [6.07, 6.45) is 4.32. The molecule has 0 fully saturated rings. The van der Waals surface area contributed by atoms with Crippen molar-refractivity contribution in [2.24, 2.45) is 0 Å². The van der Waals surface area contributed by atoms with Crippen molar-refractivity contribution in [3.63, 3.8) is 0 Å². The van der Waals surface area contributed by atoms with E-state index >= 15 is 0 Å². The lowest BCUT2D eigenvalue weighted by Gasteiger charge is -2.15. The second kappa shape index (κ2) is 7.32. The number of para-hydroxylation sites is 1. The van der Waals surface area contributed by atoms with Crippen LogP contribution in [0.2, 0.25) is 0 Å². The van der Waals surface area contributed by atoms with E-state index in [9.17, 15) is 0 Å². The Balaban J connectivity index is 0.00000225. The Labute approximate surface area is 156 Å². The zero-order valence-electron chi connectivity index (χ0n) is 15.3. The van der Waals surface area contributed by atoms with E-state index < -0.39 is 0 Å². The van der Waals surface area contributed by atoms with Crippen LogP contribution in [0.25, 0.3) is 6.08 Å². The van der Waals surface area contributed by atoms with Gasteiger partial charge in [0, 0.05) is 17.7 Å². The first-order chi connectivity index (χ1) is 11.5. The summed E-state index contributed by atoms with van der Waals surface area (Å²) >= 11 is 0. The van der Waals surface area contributed by atoms with Gasteiger partial charge in [-0.05, 0) is 37.6 Å². The highest BCUT2D eigenvalue weighted by Gasteiger charge is 2.42. The second-order valence-corrected chi connectivity index (χ2v) is 6.53. The maximum absolute atomic E-state index is 5.39. The van der Waals surface area contributed by atoms with Gasteiger partial charge < -0.3 is 21.9 Å². The number of ether oxygens (including phenoxy) is 2. The third kappa shape index (κ3) is 3.29. The number of methoxy groups -OCH3 is 2. The van der Waals surface area contributed by atoms with Gasteiger partial charge >= 0.3 is 0 Å². The Morgan fingerprint density at radius 1 is 0.920 bits per heavy atom. The molecule has 0 saturated heterocycles. The molecule has 2 aromatic rings. The Hall–Kier alpha value is -2.26. The number of hydrogen-bond donors (Lipinski definition) is 0. The Morgan fingerprint density at radius 3 is 2.24 bits per heavy atom. The van der Waals surface area contributed by atoms with Crippen LogP contribution in [0, 0.1) is 0 Å². The molecule has 0 bridgehead atoms. The van der Waals surface area contributed by atoms with E-state index in [1.807, 2.05) is 18.2 Å². The first kappa shape index (κ1) is 19.1. The molecule has 0 spiro atoms. The molecule has 132 valence electrons. The number of hydrogen-bond acceptors (Lipinski definition) is 2. The molecule has 1 aliphatic rings. The second-order valence-electron chi connectivity index (χ2n) is 6.53. The van der Waals surface area contributed by atoms with Gasteiger partial charge in [0.05, 0.1) is 19.6 Å². The summed E-state index contributed by atoms with van der Waals surface area (Å²) in [4.78, 5) is 0. The quantitative estimate of drug-likeness (QED) is 0.772. The van der Waals surface area contributed by atoms with Crippen molar-refractivity contribution in [2.75, 3.05) is 21.3 Å². The molecule has 0 N–H and O–H groups in total. The van der Waals surface area contributed by atoms with Crippen LogP contribution in [-0.4, -0.2) is 31.6 Å². The van der Waals surface area contributed by atoms with Crippen LogP contribution in [0.3, 0.4) is 0 Å². The molecule has 25 heavy (non-hydrogen) atoms. The molecule has 1 aliphatic heterocycles. The van der Waals surface area contributed by atoms with E-state index in [-0.39, 0.29) is 17.8 Å². The summed E-state index contributed by atoms with van der Waals surface area (Å²) < 4.78 is 13.0. The molecule has 1 heterocycles. The van der Waals surface area contributed by atoms with E-state index in [0.29, 0.717) is 0 Å². The average Bonchev–Trinajstić information content (AvgIpc) is 2.79. The normalized spacial score (nSPS) is 15.1. The molecule has 0 aliphatic carbocycles. The molecular weight excluding hydrogens is 334 g/mol. The minimum absolute atomic E-state index is 0. The van der Waals surface area contributed by atoms with Crippen LogP contribution >= 0.6 is 0 Å². The summed E-state index contributed by atoms with van der Waals surface area (Å²) in [6.45, 7) is 4.53. The molecule has 0 saturated carbocycles. The zero-order chi connectivity index (χ0) is 17.3.